The van der Waals surface area contributed by atoms with Crippen molar-refractivity contribution in [3.8, 4) is 0 Å². The van der Waals surface area contributed by atoms with Crippen LogP contribution in [0.1, 0.15) is 120 Å². The molecule has 2 unspecified atom stereocenters. The summed E-state index contributed by atoms with van der Waals surface area (Å²) in [5.41, 5.74) is 6.30. The standard InChI is InChI=1S/C38H63N5O5/c1-22(2)24(5)33(6)15-16-35(8)25-11-12-28-34(7)19-47-21-38(28,26(25)13-14-36(35,9)30(33)32(45)46)17-27(43-41-29(18-44)40-42-43)31(34)48-20-37(10,39)23(3)4/h13,22-25,27-28,30-31,44H,11-12,14-21,39H2,1-10H3,(H,45,46)/t24-,25+,27-,28+,30?,31+,33-,34?,35-,36+,37+,38+/m1/s1. The van der Waals surface area contributed by atoms with Crippen molar-refractivity contribution < 1.29 is 24.5 Å². The highest BCUT2D eigenvalue weighted by molar-refractivity contribution is 5.73. The molecule has 0 radical (unpaired) electrons. The Bertz CT molecular complexity index is 1430. The second-order valence-corrected chi connectivity index (χ2v) is 18.7. The molecule has 10 heteroatoms. The Morgan fingerprint density at radius 1 is 1.12 bits per heavy atom. The minimum absolute atomic E-state index is 0.166. The maximum atomic E-state index is 13.4. The summed E-state index contributed by atoms with van der Waals surface area (Å²) >= 11 is 0. The van der Waals surface area contributed by atoms with Crippen LogP contribution in [-0.2, 0) is 20.9 Å². The predicted molar refractivity (Wildman–Crippen MR) is 184 cm³/mol. The van der Waals surface area contributed by atoms with E-state index in [-0.39, 0.29) is 57.7 Å². The number of fused-ring (bicyclic) bond motifs is 3. The molecule has 48 heavy (non-hydrogen) atoms. The fourth-order valence-corrected chi connectivity index (χ4v) is 12.0. The summed E-state index contributed by atoms with van der Waals surface area (Å²) < 4.78 is 13.6. The van der Waals surface area contributed by atoms with Gasteiger partial charge >= 0.3 is 5.97 Å². The fraction of sp³-hybridized carbons (Fsp3) is 0.895. The van der Waals surface area contributed by atoms with Crippen LogP contribution < -0.4 is 5.73 Å². The molecule has 2 heterocycles. The van der Waals surface area contributed by atoms with E-state index in [4.69, 9.17) is 15.2 Å². The summed E-state index contributed by atoms with van der Waals surface area (Å²) in [5, 5.41) is 34.2. The van der Waals surface area contributed by atoms with Crippen LogP contribution in [0.15, 0.2) is 11.6 Å². The fourth-order valence-electron chi connectivity index (χ4n) is 12.0. The number of rotatable bonds is 9. The molecule has 270 valence electrons. The van der Waals surface area contributed by atoms with Crippen LogP contribution in [0.5, 0.6) is 0 Å². The zero-order valence-electron chi connectivity index (χ0n) is 31.3. The van der Waals surface area contributed by atoms with Crippen molar-refractivity contribution in [1.82, 2.24) is 20.2 Å². The number of nitrogens with zero attached hydrogens (tertiary/aromatic N) is 4. The van der Waals surface area contributed by atoms with Crippen molar-refractivity contribution >= 4 is 5.97 Å². The number of hydrogen-bond donors (Lipinski definition) is 3. The van der Waals surface area contributed by atoms with Gasteiger partial charge in [-0.3, -0.25) is 4.79 Å². The molecular weight excluding hydrogens is 606 g/mol. The first-order valence-corrected chi connectivity index (χ1v) is 18.6. The topological polar surface area (TPSA) is 146 Å². The first-order valence-electron chi connectivity index (χ1n) is 18.6. The molecule has 1 aromatic rings. The van der Waals surface area contributed by atoms with E-state index in [2.05, 4.69) is 83.8 Å². The third-order valence-corrected chi connectivity index (χ3v) is 15.9. The van der Waals surface area contributed by atoms with Crippen molar-refractivity contribution in [2.24, 2.45) is 68.3 Å². The van der Waals surface area contributed by atoms with E-state index in [1.165, 1.54) is 5.57 Å². The molecule has 10 nitrogen and oxygen atoms in total. The lowest BCUT2D eigenvalue weighted by Crippen LogP contribution is -2.69. The van der Waals surface area contributed by atoms with Crippen molar-refractivity contribution in [1.29, 1.82) is 0 Å². The first kappa shape index (κ1) is 35.9. The van der Waals surface area contributed by atoms with E-state index >= 15 is 0 Å². The quantitative estimate of drug-likeness (QED) is 0.267. The Morgan fingerprint density at radius 3 is 2.44 bits per heavy atom. The number of nitrogens with two attached hydrogens (primary N) is 1. The van der Waals surface area contributed by atoms with Gasteiger partial charge in [-0.15, -0.1) is 10.2 Å². The molecule has 2 bridgehead atoms. The van der Waals surface area contributed by atoms with Crippen LogP contribution in [0.25, 0.3) is 0 Å². The number of allylic oxidation sites excluding steroid dienone is 1. The van der Waals surface area contributed by atoms with Crippen LogP contribution >= 0.6 is 0 Å². The number of tetrazole rings is 1. The van der Waals surface area contributed by atoms with Crippen LogP contribution in [-0.4, -0.2) is 67.9 Å². The van der Waals surface area contributed by atoms with Crippen molar-refractivity contribution in [3.05, 3.63) is 17.5 Å². The Hall–Kier alpha value is -1.88. The number of aliphatic hydroxyl groups is 1. The molecule has 4 N–H and O–H groups in total. The van der Waals surface area contributed by atoms with Gasteiger partial charge in [0.1, 0.15) is 12.6 Å². The lowest BCUT2D eigenvalue weighted by molar-refractivity contribution is -0.254. The van der Waals surface area contributed by atoms with Crippen LogP contribution in [0.3, 0.4) is 0 Å². The van der Waals surface area contributed by atoms with Crippen LogP contribution in [0.2, 0.25) is 0 Å². The highest BCUT2D eigenvalue weighted by atomic mass is 16.5. The average molecular weight is 670 g/mol. The third-order valence-electron chi connectivity index (χ3n) is 15.9. The molecule has 3 saturated carbocycles. The molecule has 12 atom stereocenters. The molecule has 6 rings (SSSR count). The molecule has 1 saturated heterocycles. The summed E-state index contributed by atoms with van der Waals surface area (Å²) in [6.45, 7) is 23.7. The zero-order chi connectivity index (χ0) is 35.2. The second-order valence-electron chi connectivity index (χ2n) is 18.7. The number of aliphatic carboxylic acids is 1. The van der Waals surface area contributed by atoms with Gasteiger partial charge in [0.15, 0.2) is 5.82 Å². The van der Waals surface area contributed by atoms with E-state index in [0.717, 1.165) is 38.5 Å². The van der Waals surface area contributed by atoms with Gasteiger partial charge in [-0.25, -0.2) is 0 Å². The molecule has 0 aromatic carbocycles. The molecule has 0 spiro atoms. The molecule has 4 aliphatic carbocycles. The monoisotopic (exact) mass is 669 g/mol. The van der Waals surface area contributed by atoms with E-state index < -0.39 is 17.4 Å². The largest absolute Gasteiger partial charge is 0.481 e. The van der Waals surface area contributed by atoms with E-state index in [0.29, 0.717) is 43.4 Å². The van der Waals surface area contributed by atoms with Crippen molar-refractivity contribution in [2.75, 3.05) is 19.8 Å². The number of aliphatic hydroxyl groups excluding tert-OH is 1. The van der Waals surface area contributed by atoms with E-state index in [1.54, 1.807) is 4.80 Å². The van der Waals surface area contributed by atoms with Crippen LogP contribution in [0, 0.1) is 62.6 Å². The SMILES string of the molecule is CC(C)[C@@H](C)[C@@]1(C)CC[C@]2(C)[C@H]3CC[C@H]4C5(C)COC[C@@]4(C[C@@H](n4nnc(CO)n4)[C@@H]5OC[C@](C)(N)C(C)C)C3=CC[C@@]2(C)C1C(=O)O. The summed E-state index contributed by atoms with van der Waals surface area (Å²) in [5.74, 6) is 0.760. The van der Waals surface area contributed by atoms with E-state index in [1.807, 2.05) is 6.92 Å². The molecule has 5 aliphatic rings. The Kier molecular flexibility index (Phi) is 8.86. The molecule has 0 amide bonds. The van der Waals surface area contributed by atoms with Gasteiger partial charge in [0.2, 0.25) is 0 Å². The van der Waals surface area contributed by atoms with Crippen molar-refractivity contribution in [2.45, 2.75) is 132 Å². The van der Waals surface area contributed by atoms with Gasteiger partial charge in [-0.2, -0.15) is 4.80 Å². The molecule has 1 aromatic heterocycles. The highest BCUT2D eigenvalue weighted by Gasteiger charge is 2.72. The molecule has 1 aliphatic heterocycles. The number of carboxylic acids is 1. The maximum absolute atomic E-state index is 13.4. The number of hydrogen-bond acceptors (Lipinski definition) is 8. The zero-order valence-corrected chi connectivity index (χ0v) is 31.3. The summed E-state index contributed by atoms with van der Waals surface area (Å²) in [6, 6.07) is -0.222. The normalized spacial score (nSPS) is 44.3. The minimum Gasteiger partial charge on any atom is -0.481 e. The summed E-state index contributed by atoms with van der Waals surface area (Å²) in [7, 11) is 0. The molecular formula is C38H63N5O5. The number of aromatic nitrogens is 4. The van der Waals surface area contributed by atoms with E-state index in [9.17, 15) is 15.0 Å². The first-order chi connectivity index (χ1) is 22.3. The average Bonchev–Trinajstić information content (AvgIpc) is 3.49. The predicted octanol–water partition coefficient (Wildman–Crippen LogP) is 6.05. The lowest BCUT2D eigenvalue weighted by atomic mass is 9.34. The number of ether oxygens (including phenoxy) is 2. The van der Waals surface area contributed by atoms with Gasteiger partial charge in [0, 0.05) is 16.4 Å². The second kappa shape index (κ2) is 11.8. The Labute approximate surface area is 288 Å². The third kappa shape index (κ3) is 4.92. The van der Waals surface area contributed by atoms with Gasteiger partial charge in [-0.1, -0.05) is 74.0 Å². The Balaban J connectivity index is 1.45. The summed E-state index contributed by atoms with van der Waals surface area (Å²) in [6.07, 6.45) is 7.71. The van der Waals surface area contributed by atoms with Gasteiger partial charge in [0.25, 0.3) is 0 Å². The maximum Gasteiger partial charge on any atom is 0.307 e. The van der Waals surface area contributed by atoms with Crippen molar-refractivity contribution in [3.63, 3.8) is 0 Å². The Morgan fingerprint density at radius 2 is 1.83 bits per heavy atom. The smallest absolute Gasteiger partial charge is 0.307 e. The molecule has 4 fully saturated rings. The van der Waals surface area contributed by atoms with Gasteiger partial charge < -0.3 is 25.4 Å². The minimum atomic E-state index is -0.640. The summed E-state index contributed by atoms with van der Waals surface area (Å²) in [4.78, 5) is 15.1. The number of carboxylic acid groups (broad SMARTS) is 1. The highest BCUT2D eigenvalue weighted by Crippen LogP contribution is 2.75. The van der Waals surface area contributed by atoms with Gasteiger partial charge in [-0.05, 0) is 96.5 Å². The lowest BCUT2D eigenvalue weighted by Gasteiger charge is -2.71. The number of carbonyl (C=O) groups is 1. The van der Waals surface area contributed by atoms with Crippen LogP contribution in [0.4, 0.5) is 0 Å². The van der Waals surface area contributed by atoms with Gasteiger partial charge in [0.05, 0.1) is 31.8 Å².